The second kappa shape index (κ2) is 7.60. The smallest absolute Gasteiger partial charge is 0.123 e. The highest BCUT2D eigenvalue weighted by atomic mass is 19.1. The van der Waals surface area contributed by atoms with Crippen molar-refractivity contribution in [2.75, 3.05) is 13.2 Å². The number of aromatic nitrogens is 1. The van der Waals surface area contributed by atoms with E-state index in [1.807, 2.05) is 24.3 Å². The molecular formula is C20H23FN2O2. The minimum atomic E-state index is -0.176. The minimum Gasteiger partial charge on any atom is -0.373 e. The summed E-state index contributed by atoms with van der Waals surface area (Å²) in [6, 6.07) is 13.1. The fourth-order valence-electron chi connectivity index (χ4n) is 3.91. The van der Waals surface area contributed by atoms with Crippen molar-refractivity contribution in [3.63, 3.8) is 0 Å². The van der Waals surface area contributed by atoms with Gasteiger partial charge in [0.2, 0.25) is 0 Å². The third kappa shape index (κ3) is 3.89. The molecule has 1 aliphatic heterocycles. The van der Waals surface area contributed by atoms with E-state index in [-0.39, 0.29) is 18.0 Å². The minimum absolute atomic E-state index is 0.0889. The lowest BCUT2D eigenvalue weighted by molar-refractivity contribution is -0.119. The molecule has 4 nitrogen and oxygen atoms in total. The van der Waals surface area contributed by atoms with Crippen molar-refractivity contribution in [2.45, 2.75) is 44.2 Å². The molecule has 5 heteroatoms. The summed E-state index contributed by atoms with van der Waals surface area (Å²) in [4.78, 5) is 6.72. The monoisotopic (exact) mass is 342 g/mol. The summed E-state index contributed by atoms with van der Waals surface area (Å²) in [5.41, 5.74) is 1.96. The van der Waals surface area contributed by atoms with Gasteiger partial charge in [0.05, 0.1) is 31.1 Å². The molecule has 0 amide bonds. The zero-order valence-electron chi connectivity index (χ0n) is 14.2. The van der Waals surface area contributed by atoms with E-state index >= 15 is 0 Å². The van der Waals surface area contributed by atoms with Gasteiger partial charge in [-0.3, -0.25) is 9.88 Å². The molecule has 25 heavy (non-hydrogen) atoms. The van der Waals surface area contributed by atoms with Crippen LogP contribution in [0, 0.1) is 5.82 Å². The molecule has 2 aliphatic rings. The van der Waals surface area contributed by atoms with Crippen molar-refractivity contribution in [3.8, 4) is 0 Å². The first kappa shape index (κ1) is 16.6. The number of ether oxygens (including phenoxy) is 2. The predicted octanol–water partition coefficient (Wildman–Crippen LogP) is 3.17. The first-order valence-electron chi connectivity index (χ1n) is 8.91. The van der Waals surface area contributed by atoms with Crippen molar-refractivity contribution in [2.24, 2.45) is 0 Å². The molecule has 0 spiro atoms. The van der Waals surface area contributed by atoms with Gasteiger partial charge in [-0.05, 0) is 42.7 Å². The molecule has 2 fully saturated rings. The SMILES string of the molecule is Fc1cccc(CN2CCO[C@H]3[C@@H](OCc4ccccn4)CC[C@@H]32)c1. The van der Waals surface area contributed by atoms with Gasteiger partial charge in [0.1, 0.15) is 5.82 Å². The topological polar surface area (TPSA) is 34.6 Å². The standard InChI is InChI=1S/C20H23FN2O2/c21-16-5-3-4-15(12-16)13-23-10-11-24-20-18(23)7-8-19(20)25-14-17-6-1-2-9-22-17/h1-6,9,12,18-20H,7-8,10-11,13-14H2/t18-,19-,20+/m0/s1. The highest BCUT2D eigenvalue weighted by Crippen LogP contribution is 2.33. The Bertz CT molecular complexity index is 697. The van der Waals surface area contributed by atoms with E-state index < -0.39 is 0 Å². The Balaban J connectivity index is 1.38. The Morgan fingerprint density at radius 3 is 3.00 bits per heavy atom. The molecule has 0 bridgehead atoms. The Morgan fingerprint density at radius 1 is 1.20 bits per heavy atom. The molecule has 132 valence electrons. The van der Waals surface area contributed by atoms with Gasteiger partial charge in [0.25, 0.3) is 0 Å². The van der Waals surface area contributed by atoms with Gasteiger partial charge in [0.15, 0.2) is 0 Å². The molecule has 1 aliphatic carbocycles. The van der Waals surface area contributed by atoms with Crippen LogP contribution in [0.1, 0.15) is 24.1 Å². The summed E-state index contributed by atoms with van der Waals surface area (Å²) in [5, 5.41) is 0. The highest BCUT2D eigenvalue weighted by Gasteiger charge is 2.43. The number of morpholine rings is 1. The maximum atomic E-state index is 13.4. The Hall–Kier alpha value is -1.82. The fraction of sp³-hybridized carbons (Fsp3) is 0.450. The van der Waals surface area contributed by atoms with E-state index in [4.69, 9.17) is 9.47 Å². The molecule has 0 unspecified atom stereocenters. The third-order valence-corrected chi connectivity index (χ3v) is 5.10. The summed E-state index contributed by atoms with van der Waals surface area (Å²) >= 11 is 0. The first-order valence-corrected chi connectivity index (χ1v) is 8.91. The Labute approximate surface area is 147 Å². The van der Waals surface area contributed by atoms with Crippen LogP contribution in [0.4, 0.5) is 4.39 Å². The molecule has 1 aromatic heterocycles. The second-order valence-corrected chi connectivity index (χ2v) is 6.75. The van der Waals surface area contributed by atoms with Gasteiger partial charge in [-0.2, -0.15) is 0 Å². The van der Waals surface area contributed by atoms with Gasteiger partial charge < -0.3 is 9.47 Å². The van der Waals surface area contributed by atoms with E-state index in [0.717, 1.165) is 37.2 Å². The normalized spacial score (nSPS) is 26.5. The molecule has 3 atom stereocenters. The summed E-state index contributed by atoms with van der Waals surface area (Å²) in [7, 11) is 0. The van der Waals surface area contributed by atoms with Crippen molar-refractivity contribution in [1.82, 2.24) is 9.88 Å². The molecule has 1 aromatic carbocycles. The van der Waals surface area contributed by atoms with Crippen LogP contribution in [0.15, 0.2) is 48.7 Å². The van der Waals surface area contributed by atoms with Crippen LogP contribution in [0.5, 0.6) is 0 Å². The van der Waals surface area contributed by atoms with Gasteiger partial charge in [0, 0.05) is 25.3 Å². The number of fused-ring (bicyclic) bond motifs is 1. The van der Waals surface area contributed by atoms with Crippen LogP contribution in [0.25, 0.3) is 0 Å². The van der Waals surface area contributed by atoms with E-state index in [2.05, 4.69) is 9.88 Å². The lowest BCUT2D eigenvalue weighted by Gasteiger charge is -2.39. The van der Waals surface area contributed by atoms with Crippen LogP contribution in [0.3, 0.4) is 0 Å². The highest BCUT2D eigenvalue weighted by molar-refractivity contribution is 5.16. The Morgan fingerprint density at radius 2 is 2.16 bits per heavy atom. The summed E-state index contributed by atoms with van der Waals surface area (Å²) in [6.45, 7) is 2.85. The van der Waals surface area contributed by atoms with Crippen LogP contribution in [-0.2, 0) is 22.6 Å². The predicted molar refractivity (Wildman–Crippen MR) is 92.4 cm³/mol. The molecule has 2 heterocycles. The lowest BCUT2D eigenvalue weighted by atomic mass is 10.1. The van der Waals surface area contributed by atoms with Gasteiger partial charge in [-0.1, -0.05) is 18.2 Å². The van der Waals surface area contributed by atoms with E-state index in [1.54, 1.807) is 18.3 Å². The van der Waals surface area contributed by atoms with Crippen LogP contribution >= 0.6 is 0 Å². The average molecular weight is 342 g/mol. The number of benzene rings is 1. The summed E-state index contributed by atoms with van der Waals surface area (Å²) in [5.74, 6) is -0.176. The number of rotatable bonds is 5. The molecule has 1 saturated carbocycles. The zero-order valence-corrected chi connectivity index (χ0v) is 14.2. The van der Waals surface area contributed by atoms with E-state index in [0.29, 0.717) is 19.3 Å². The average Bonchev–Trinajstić information content (AvgIpc) is 3.05. The lowest BCUT2D eigenvalue weighted by Crippen LogP contribution is -2.51. The Kier molecular flexibility index (Phi) is 5.06. The van der Waals surface area contributed by atoms with Crippen molar-refractivity contribution >= 4 is 0 Å². The van der Waals surface area contributed by atoms with E-state index in [9.17, 15) is 4.39 Å². The molecule has 0 N–H and O–H groups in total. The number of hydrogen-bond acceptors (Lipinski definition) is 4. The summed E-state index contributed by atoms with van der Waals surface area (Å²) < 4.78 is 25.6. The third-order valence-electron chi connectivity index (χ3n) is 5.10. The van der Waals surface area contributed by atoms with Crippen LogP contribution < -0.4 is 0 Å². The maximum Gasteiger partial charge on any atom is 0.123 e. The van der Waals surface area contributed by atoms with Crippen molar-refractivity contribution in [3.05, 3.63) is 65.7 Å². The van der Waals surface area contributed by atoms with Crippen LogP contribution in [0.2, 0.25) is 0 Å². The second-order valence-electron chi connectivity index (χ2n) is 6.75. The molecular weight excluding hydrogens is 319 g/mol. The first-order chi connectivity index (χ1) is 12.3. The van der Waals surface area contributed by atoms with Crippen LogP contribution in [-0.4, -0.2) is 41.3 Å². The quantitative estimate of drug-likeness (QED) is 0.836. The van der Waals surface area contributed by atoms with Gasteiger partial charge in [-0.15, -0.1) is 0 Å². The summed E-state index contributed by atoms with van der Waals surface area (Å²) in [6.07, 6.45) is 4.01. The largest absolute Gasteiger partial charge is 0.373 e. The van der Waals surface area contributed by atoms with E-state index in [1.165, 1.54) is 6.07 Å². The number of pyridine rings is 1. The number of nitrogens with zero attached hydrogens (tertiary/aromatic N) is 2. The number of hydrogen-bond donors (Lipinski definition) is 0. The molecule has 2 aromatic rings. The van der Waals surface area contributed by atoms with Gasteiger partial charge in [-0.25, -0.2) is 4.39 Å². The molecule has 4 rings (SSSR count). The molecule has 1 saturated heterocycles. The molecule has 0 radical (unpaired) electrons. The van der Waals surface area contributed by atoms with Crippen molar-refractivity contribution < 1.29 is 13.9 Å². The van der Waals surface area contributed by atoms with Crippen molar-refractivity contribution in [1.29, 1.82) is 0 Å². The fourth-order valence-corrected chi connectivity index (χ4v) is 3.91. The zero-order chi connectivity index (χ0) is 17.1. The van der Waals surface area contributed by atoms with Gasteiger partial charge >= 0.3 is 0 Å². The number of halogens is 1. The maximum absolute atomic E-state index is 13.4.